The van der Waals surface area contributed by atoms with E-state index < -0.39 is 11.0 Å². The molecule has 0 unspecified atom stereocenters. The Bertz CT molecular complexity index is 620. The number of para-hydroxylation sites is 1. The van der Waals surface area contributed by atoms with Crippen LogP contribution >= 0.6 is 0 Å². The van der Waals surface area contributed by atoms with Crippen LogP contribution in [-0.4, -0.2) is 14.1 Å². The first-order valence-electron chi connectivity index (χ1n) is 6.90. The highest BCUT2D eigenvalue weighted by Crippen LogP contribution is 2.30. The molecule has 2 rings (SSSR count). The summed E-state index contributed by atoms with van der Waals surface area (Å²) in [5.74, 6) is 0.199. The van der Waals surface area contributed by atoms with Crippen LogP contribution in [0.1, 0.15) is 37.9 Å². The van der Waals surface area contributed by atoms with Crippen LogP contribution in [-0.2, 0) is 11.0 Å². The molecule has 0 spiro atoms. The Kier molecular flexibility index (Phi) is 4.80. The predicted octanol–water partition coefficient (Wildman–Crippen LogP) is 3.53. The second kappa shape index (κ2) is 6.41. The maximum Gasteiger partial charge on any atom is 0.120 e. The number of phenols is 1. The number of hydrogen-bond acceptors (Lipinski definition) is 2. The quantitative estimate of drug-likeness (QED) is 0.907. The molecule has 4 heteroatoms. The molecule has 2 atom stereocenters. The number of rotatable bonds is 4. The van der Waals surface area contributed by atoms with Crippen LogP contribution in [0.25, 0.3) is 0 Å². The van der Waals surface area contributed by atoms with Crippen LogP contribution < -0.4 is 4.72 Å². The summed E-state index contributed by atoms with van der Waals surface area (Å²) in [4.78, 5) is 0. The molecule has 0 saturated carbocycles. The zero-order valence-electron chi connectivity index (χ0n) is 12.5. The highest BCUT2D eigenvalue weighted by atomic mass is 32.2. The van der Waals surface area contributed by atoms with Gasteiger partial charge in [-0.3, -0.25) is 0 Å². The maximum atomic E-state index is 12.5. The van der Waals surface area contributed by atoms with Gasteiger partial charge in [0, 0.05) is 5.56 Å². The molecule has 0 bridgehead atoms. The molecule has 0 aliphatic rings. The molecule has 0 amide bonds. The van der Waals surface area contributed by atoms with Crippen molar-refractivity contribution in [2.75, 3.05) is 0 Å². The van der Waals surface area contributed by atoms with Crippen LogP contribution in [0.3, 0.4) is 0 Å². The van der Waals surface area contributed by atoms with Crippen LogP contribution in [0.2, 0.25) is 0 Å². The van der Waals surface area contributed by atoms with E-state index in [-0.39, 0.29) is 16.5 Å². The number of nitrogens with one attached hydrogen (secondary N) is 1. The Labute approximate surface area is 128 Å². The summed E-state index contributed by atoms with van der Waals surface area (Å²) in [5, 5.41) is 10.1. The van der Waals surface area contributed by atoms with Gasteiger partial charge >= 0.3 is 0 Å². The molecule has 0 radical (unpaired) electrons. The SMILES string of the molecule is CC(C)(C)[S@](=O)N[C@H](c1ccccc1)c1ccccc1O. The van der Waals surface area contributed by atoms with Gasteiger partial charge in [-0.25, -0.2) is 8.93 Å². The third-order valence-corrected chi connectivity index (χ3v) is 4.72. The normalized spacial score (nSPS) is 14.6. The first kappa shape index (κ1) is 15.7. The lowest BCUT2D eigenvalue weighted by Gasteiger charge is -2.25. The average Bonchev–Trinajstić information content (AvgIpc) is 2.45. The number of aromatic hydroxyl groups is 1. The van der Waals surface area contributed by atoms with E-state index >= 15 is 0 Å². The summed E-state index contributed by atoms with van der Waals surface area (Å²) in [6, 6.07) is 16.6. The van der Waals surface area contributed by atoms with Crippen molar-refractivity contribution < 1.29 is 9.32 Å². The summed E-state index contributed by atoms with van der Waals surface area (Å²) in [6.45, 7) is 5.76. The standard InChI is InChI=1S/C17H21NO2S/c1-17(2,3)21(20)18-16(13-9-5-4-6-10-13)14-11-7-8-12-15(14)19/h4-12,16,18-19H,1-3H3/t16-,21+/m1/s1. The van der Waals surface area contributed by atoms with Gasteiger partial charge in [-0.15, -0.1) is 0 Å². The van der Waals surface area contributed by atoms with Crippen LogP contribution in [0, 0.1) is 0 Å². The molecule has 2 N–H and O–H groups in total. The minimum atomic E-state index is -1.24. The Morgan fingerprint density at radius 1 is 1.00 bits per heavy atom. The third-order valence-electron chi connectivity index (χ3n) is 3.16. The van der Waals surface area contributed by atoms with Crippen molar-refractivity contribution >= 4 is 11.0 Å². The topological polar surface area (TPSA) is 49.3 Å². The van der Waals surface area contributed by atoms with Crippen LogP contribution in [0.15, 0.2) is 54.6 Å². The summed E-state index contributed by atoms with van der Waals surface area (Å²) in [6.07, 6.45) is 0. The smallest absolute Gasteiger partial charge is 0.120 e. The molecule has 0 saturated heterocycles. The first-order valence-corrected chi connectivity index (χ1v) is 8.05. The fraction of sp³-hybridized carbons (Fsp3) is 0.294. The fourth-order valence-corrected chi connectivity index (χ4v) is 2.80. The summed E-state index contributed by atoms with van der Waals surface area (Å²) < 4.78 is 15.2. The van der Waals surface area contributed by atoms with E-state index in [1.165, 1.54) is 0 Å². The minimum Gasteiger partial charge on any atom is -0.508 e. The Morgan fingerprint density at radius 3 is 2.14 bits per heavy atom. The van der Waals surface area contributed by atoms with Gasteiger partial charge in [0.25, 0.3) is 0 Å². The molecule has 21 heavy (non-hydrogen) atoms. The van der Waals surface area contributed by atoms with Crippen molar-refractivity contribution in [2.45, 2.75) is 31.6 Å². The molecule has 112 valence electrons. The number of phenolic OH excluding ortho intramolecular Hbond substituents is 1. The first-order chi connectivity index (χ1) is 9.89. The Balaban J connectivity index is 2.41. The molecule has 0 aliphatic carbocycles. The minimum absolute atomic E-state index is 0.199. The van der Waals surface area contributed by atoms with E-state index in [0.29, 0.717) is 0 Å². The largest absolute Gasteiger partial charge is 0.508 e. The highest BCUT2D eigenvalue weighted by molar-refractivity contribution is 7.84. The highest BCUT2D eigenvalue weighted by Gasteiger charge is 2.25. The number of benzene rings is 2. The van der Waals surface area contributed by atoms with Gasteiger partial charge in [0.2, 0.25) is 0 Å². The average molecular weight is 303 g/mol. The second-order valence-corrected chi connectivity index (χ2v) is 7.90. The maximum absolute atomic E-state index is 12.5. The molecule has 0 heterocycles. The van der Waals surface area contributed by atoms with Crippen molar-refractivity contribution in [3.63, 3.8) is 0 Å². The second-order valence-electron chi connectivity index (χ2n) is 5.90. The zero-order valence-corrected chi connectivity index (χ0v) is 13.4. The molecule has 2 aromatic rings. The third kappa shape index (κ3) is 3.93. The lowest BCUT2D eigenvalue weighted by molar-refractivity contribution is 0.463. The lowest BCUT2D eigenvalue weighted by Crippen LogP contribution is -2.36. The number of hydrogen-bond donors (Lipinski definition) is 2. The molecule has 2 aromatic carbocycles. The Morgan fingerprint density at radius 2 is 1.57 bits per heavy atom. The lowest BCUT2D eigenvalue weighted by atomic mass is 9.99. The van der Waals surface area contributed by atoms with E-state index in [4.69, 9.17) is 0 Å². The summed E-state index contributed by atoms with van der Waals surface area (Å²) in [5.41, 5.74) is 1.69. The summed E-state index contributed by atoms with van der Waals surface area (Å²) >= 11 is 0. The predicted molar refractivity (Wildman–Crippen MR) is 87.4 cm³/mol. The van der Waals surface area contributed by atoms with Crippen LogP contribution in [0.5, 0.6) is 5.75 Å². The van der Waals surface area contributed by atoms with Crippen LogP contribution in [0.4, 0.5) is 0 Å². The van der Waals surface area contributed by atoms with Crippen molar-refractivity contribution in [1.82, 2.24) is 4.72 Å². The van der Waals surface area contributed by atoms with Crippen molar-refractivity contribution in [2.24, 2.45) is 0 Å². The summed E-state index contributed by atoms with van der Waals surface area (Å²) in [7, 11) is -1.24. The van der Waals surface area contributed by atoms with E-state index in [0.717, 1.165) is 11.1 Å². The molecule has 0 aromatic heterocycles. The van der Waals surface area contributed by atoms with Gasteiger partial charge in [-0.1, -0.05) is 48.5 Å². The molecular formula is C17H21NO2S. The van der Waals surface area contributed by atoms with E-state index in [1.807, 2.05) is 63.2 Å². The van der Waals surface area contributed by atoms with Gasteiger partial charge < -0.3 is 5.11 Å². The van der Waals surface area contributed by atoms with Gasteiger partial charge in [0.15, 0.2) is 0 Å². The molecule has 3 nitrogen and oxygen atoms in total. The van der Waals surface area contributed by atoms with E-state index in [9.17, 15) is 9.32 Å². The van der Waals surface area contributed by atoms with Crippen molar-refractivity contribution in [3.05, 3.63) is 65.7 Å². The fourth-order valence-electron chi connectivity index (χ4n) is 1.97. The molecule has 0 fully saturated rings. The van der Waals surface area contributed by atoms with Gasteiger partial charge in [0.05, 0.1) is 21.8 Å². The van der Waals surface area contributed by atoms with Gasteiger partial charge in [-0.05, 0) is 32.4 Å². The molecule has 0 aliphatic heterocycles. The van der Waals surface area contributed by atoms with Crippen molar-refractivity contribution in [1.29, 1.82) is 0 Å². The van der Waals surface area contributed by atoms with Gasteiger partial charge in [0.1, 0.15) is 5.75 Å². The van der Waals surface area contributed by atoms with E-state index in [1.54, 1.807) is 12.1 Å². The monoisotopic (exact) mass is 303 g/mol. The van der Waals surface area contributed by atoms with E-state index in [2.05, 4.69) is 4.72 Å². The Hall–Kier alpha value is -1.65. The zero-order chi connectivity index (χ0) is 15.5. The van der Waals surface area contributed by atoms with Gasteiger partial charge in [-0.2, -0.15) is 0 Å². The van der Waals surface area contributed by atoms with Crippen molar-refractivity contribution in [3.8, 4) is 5.75 Å². The molecular weight excluding hydrogens is 282 g/mol.